The lowest BCUT2D eigenvalue weighted by molar-refractivity contribution is 0.281. The fourth-order valence-corrected chi connectivity index (χ4v) is 2.02. The summed E-state index contributed by atoms with van der Waals surface area (Å²) in [5.41, 5.74) is 1.59. The molecule has 4 heteroatoms. The van der Waals surface area contributed by atoms with Crippen molar-refractivity contribution in [2.45, 2.75) is 20.0 Å². The summed E-state index contributed by atoms with van der Waals surface area (Å²) in [5.74, 6) is -0.299. The van der Waals surface area contributed by atoms with Crippen LogP contribution in [0.1, 0.15) is 18.9 Å². The average Bonchev–Trinajstić information content (AvgIpc) is 2.34. The molecule has 1 aromatic carbocycles. The highest BCUT2D eigenvalue weighted by Gasteiger charge is 2.10. The first-order chi connectivity index (χ1) is 8.58. The van der Waals surface area contributed by atoms with Crippen LogP contribution in [0, 0.1) is 5.82 Å². The van der Waals surface area contributed by atoms with Crippen LogP contribution in [-0.4, -0.2) is 43.7 Å². The van der Waals surface area contributed by atoms with E-state index in [4.69, 9.17) is 0 Å². The first-order valence-corrected chi connectivity index (χ1v) is 6.37. The fourth-order valence-electron chi connectivity index (χ4n) is 2.02. The van der Waals surface area contributed by atoms with Crippen LogP contribution >= 0.6 is 0 Å². The maximum Gasteiger partial charge on any atom is 0.123 e. The van der Waals surface area contributed by atoms with Crippen molar-refractivity contribution < 1.29 is 9.50 Å². The van der Waals surface area contributed by atoms with Crippen molar-refractivity contribution in [3.8, 4) is 0 Å². The van der Waals surface area contributed by atoms with Crippen LogP contribution in [0.2, 0.25) is 0 Å². The predicted molar refractivity (Wildman–Crippen MR) is 73.4 cm³/mol. The summed E-state index contributed by atoms with van der Waals surface area (Å²) in [6, 6.07) is 4.60. The summed E-state index contributed by atoms with van der Waals surface area (Å²) in [6.45, 7) is 4.73. The third-order valence-electron chi connectivity index (χ3n) is 2.97. The lowest BCUT2D eigenvalue weighted by Gasteiger charge is -2.26. The molecular weight excluding hydrogens is 231 g/mol. The molecule has 0 bridgehead atoms. The smallest absolute Gasteiger partial charge is 0.123 e. The van der Waals surface area contributed by atoms with E-state index in [1.165, 1.54) is 12.1 Å². The molecule has 0 aliphatic heterocycles. The van der Waals surface area contributed by atoms with Crippen molar-refractivity contribution >= 4 is 5.69 Å². The molecular formula is C14H23FN2O. The molecule has 0 heterocycles. The van der Waals surface area contributed by atoms with E-state index >= 15 is 0 Å². The Balaban J connectivity index is 2.75. The Hall–Kier alpha value is -1.13. The Labute approximate surface area is 109 Å². The first-order valence-electron chi connectivity index (χ1n) is 6.37. The number of anilines is 1. The van der Waals surface area contributed by atoms with Crippen LogP contribution < -0.4 is 4.90 Å². The van der Waals surface area contributed by atoms with Gasteiger partial charge in [-0.25, -0.2) is 4.39 Å². The molecule has 0 fully saturated rings. The average molecular weight is 254 g/mol. The molecule has 0 aliphatic rings. The Bertz CT molecular complexity index is 369. The van der Waals surface area contributed by atoms with Crippen LogP contribution in [0.4, 0.5) is 10.1 Å². The number of nitrogens with zero attached hydrogens (tertiary/aromatic N) is 2. The molecule has 1 N–H and O–H groups in total. The quantitative estimate of drug-likeness (QED) is 0.807. The summed E-state index contributed by atoms with van der Waals surface area (Å²) in [6.07, 6.45) is 1.04. The summed E-state index contributed by atoms with van der Waals surface area (Å²) in [4.78, 5) is 4.32. The zero-order chi connectivity index (χ0) is 13.5. The topological polar surface area (TPSA) is 26.7 Å². The summed E-state index contributed by atoms with van der Waals surface area (Å²) in [5, 5.41) is 9.30. The molecule has 3 nitrogen and oxygen atoms in total. The lowest BCUT2D eigenvalue weighted by atomic mass is 10.1. The van der Waals surface area contributed by atoms with Crippen molar-refractivity contribution in [2.75, 3.05) is 38.6 Å². The fraction of sp³-hybridized carbons (Fsp3) is 0.571. The molecule has 102 valence electrons. The van der Waals surface area contributed by atoms with E-state index in [0.717, 1.165) is 31.7 Å². The van der Waals surface area contributed by atoms with Gasteiger partial charge in [-0.05, 0) is 52.2 Å². The zero-order valence-electron chi connectivity index (χ0n) is 11.5. The van der Waals surface area contributed by atoms with E-state index in [1.807, 2.05) is 14.1 Å². The molecule has 1 rings (SSSR count). The minimum Gasteiger partial charge on any atom is -0.392 e. The van der Waals surface area contributed by atoms with Gasteiger partial charge in [0.1, 0.15) is 5.82 Å². The van der Waals surface area contributed by atoms with Crippen molar-refractivity contribution in [3.05, 3.63) is 29.6 Å². The summed E-state index contributed by atoms with van der Waals surface area (Å²) in [7, 11) is 4.10. The Morgan fingerprint density at radius 2 is 1.94 bits per heavy atom. The van der Waals surface area contributed by atoms with Crippen molar-refractivity contribution in [2.24, 2.45) is 0 Å². The van der Waals surface area contributed by atoms with E-state index in [-0.39, 0.29) is 12.4 Å². The Morgan fingerprint density at radius 1 is 1.22 bits per heavy atom. The van der Waals surface area contributed by atoms with Gasteiger partial charge in [0.25, 0.3) is 0 Å². The zero-order valence-corrected chi connectivity index (χ0v) is 11.5. The molecule has 0 spiro atoms. The summed E-state index contributed by atoms with van der Waals surface area (Å²) >= 11 is 0. The van der Waals surface area contributed by atoms with Gasteiger partial charge in [-0.15, -0.1) is 0 Å². The molecule has 18 heavy (non-hydrogen) atoms. The van der Waals surface area contributed by atoms with Crippen LogP contribution in [0.3, 0.4) is 0 Å². The van der Waals surface area contributed by atoms with Gasteiger partial charge < -0.3 is 14.9 Å². The maximum absolute atomic E-state index is 13.1. The van der Waals surface area contributed by atoms with Gasteiger partial charge in [0, 0.05) is 24.3 Å². The number of rotatable bonds is 7. The van der Waals surface area contributed by atoms with Crippen molar-refractivity contribution in [1.29, 1.82) is 0 Å². The van der Waals surface area contributed by atoms with E-state index in [0.29, 0.717) is 5.56 Å². The number of halogens is 1. The van der Waals surface area contributed by atoms with E-state index in [1.54, 1.807) is 6.07 Å². The van der Waals surface area contributed by atoms with Crippen LogP contribution in [0.5, 0.6) is 0 Å². The van der Waals surface area contributed by atoms with Crippen LogP contribution in [0.15, 0.2) is 18.2 Å². The van der Waals surface area contributed by atoms with Crippen molar-refractivity contribution in [3.63, 3.8) is 0 Å². The van der Waals surface area contributed by atoms with Crippen LogP contribution in [-0.2, 0) is 6.61 Å². The number of hydrogen-bond acceptors (Lipinski definition) is 3. The summed E-state index contributed by atoms with van der Waals surface area (Å²) < 4.78 is 13.1. The van der Waals surface area contributed by atoms with Gasteiger partial charge in [-0.1, -0.05) is 0 Å². The Kier molecular flexibility index (Phi) is 6.09. The normalized spacial score (nSPS) is 11.0. The van der Waals surface area contributed by atoms with Gasteiger partial charge >= 0.3 is 0 Å². The lowest BCUT2D eigenvalue weighted by Crippen LogP contribution is -2.27. The SMILES string of the molecule is CCN(CCCN(C)C)c1ccc(F)cc1CO. The van der Waals surface area contributed by atoms with Crippen molar-refractivity contribution in [1.82, 2.24) is 4.90 Å². The predicted octanol–water partition coefficient (Wildman–Crippen LogP) is 2.10. The highest BCUT2D eigenvalue weighted by atomic mass is 19.1. The molecule has 0 amide bonds. The van der Waals surface area contributed by atoms with Gasteiger partial charge in [-0.2, -0.15) is 0 Å². The second kappa shape index (κ2) is 7.34. The Morgan fingerprint density at radius 3 is 2.50 bits per heavy atom. The number of hydrogen-bond donors (Lipinski definition) is 1. The number of benzene rings is 1. The molecule has 0 aromatic heterocycles. The largest absolute Gasteiger partial charge is 0.392 e. The minimum absolute atomic E-state index is 0.128. The third-order valence-corrected chi connectivity index (χ3v) is 2.97. The van der Waals surface area contributed by atoms with Gasteiger partial charge in [0.2, 0.25) is 0 Å². The maximum atomic E-state index is 13.1. The molecule has 1 aromatic rings. The second-order valence-electron chi connectivity index (χ2n) is 4.67. The molecule has 0 atom stereocenters. The molecule has 0 saturated carbocycles. The van der Waals surface area contributed by atoms with E-state index in [9.17, 15) is 9.50 Å². The van der Waals surface area contributed by atoms with Gasteiger partial charge in [0.05, 0.1) is 6.61 Å². The van der Waals surface area contributed by atoms with Gasteiger partial charge in [-0.3, -0.25) is 0 Å². The van der Waals surface area contributed by atoms with Crippen LogP contribution in [0.25, 0.3) is 0 Å². The number of aliphatic hydroxyl groups excluding tert-OH is 1. The third kappa shape index (κ3) is 4.27. The highest BCUT2D eigenvalue weighted by molar-refractivity contribution is 5.53. The highest BCUT2D eigenvalue weighted by Crippen LogP contribution is 2.22. The monoisotopic (exact) mass is 254 g/mol. The first kappa shape index (κ1) is 14.9. The van der Waals surface area contributed by atoms with E-state index in [2.05, 4.69) is 16.7 Å². The standard InChI is InChI=1S/C14H23FN2O/c1-4-17(9-5-8-16(2)3)14-7-6-13(15)10-12(14)11-18/h6-7,10,18H,4-5,8-9,11H2,1-3H3. The second-order valence-corrected chi connectivity index (χ2v) is 4.67. The molecule has 0 saturated heterocycles. The van der Waals surface area contributed by atoms with Gasteiger partial charge in [0.15, 0.2) is 0 Å². The van der Waals surface area contributed by atoms with E-state index < -0.39 is 0 Å². The molecule has 0 unspecified atom stereocenters. The number of aliphatic hydroxyl groups is 1. The minimum atomic E-state index is -0.299. The molecule has 0 aliphatic carbocycles. The molecule has 0 radical (unpaired) electrons.